The van der Waals surface area contributed by atoms with Crippen molar-refractivity contribution in [1.82, 2.24) is 19.0 Å². The number of nitrogens with zero attached hydrogens (tertiary/aromatic N) is 5. The van der Waals surface area contributed by atoms with E-state index in [-0.39, 0.29) is 42.8 Å². The number of carbonyl (C=O) groups is 2. The van der Waals surface area contributed by atoms with E-state index in [1.54, 1.807) is 46.0 Å². The van der Waals surface area contributed by atoms with E-state index < -0.39 is 0 Å². The van der Waals surface area contributed by atoms with E-state index in [1.807, 2.05) is 59.1 Å². The van der Waals surface area contributed by atoms with Crippen molar-refractivity contribution in [2.24, 2.45) is 7.05 Å². The number of rotatable bonds is 7. The summed E-state index contributed by atoms with van der Waals surface area (Å²) in [5.74, 6) is 0.933. The highest BCUT2D eigenvalue weighted by Gasteiger charge is 2.37. The number of amides is 2. The molecule has 10 rings (SSSR count). The molecule has 4 aliphatic heterocycles. The highest BCUT2D eigenvalue weighted by molar-refractivity contribution is 6.14. The van der Waals surface area contributed by atoms with Gasteiger partial charge in [-0.2, -0.15) is 0 Å². The van der Waals surface area contributed by atoms with Crippen LogP contribution in [0.2, 0.25) is 0 Å². The molecule has 0 spiro atoms. The van der Waals surface area contributed by atoms with E-state index in [9.17, 15) is 5.11 Å². The van der Waals surface area contributed by atoms with Gasteiger partial charge in [0.2, 0.25) is 12.7 Å². The Labute approximate surface area is 341 Å². The summed E-state index contributed by atoms with van der Waals surface area (Å²) in [5.41, 5.74) is 9.82. The lowest BCUT2D eigenvalue weighted by molar-refractivity contribution is 0.0193. The molecule has 0 unspecified atom stereocenters. The first-order chi connectivity index (χ1) is 27.9. The maximum absolute atomic E-state index is 15.2. The molecule has 0 bridgehead atoms. The van der Waals surface area contributed by atoms with E-state index in [4.69, 9.17) is 18.9 Å². The molecule has 4 aliphatic rings. The summed E-state index contributed by atoms with van der Waals surface area (Å²) in [6.07, 6.45) is 2.71. The fourth-order valence-electron chi connectivity index (χ4n) is 8.50. The van der Waals surface area contributed by atoms with Gasteiger partial charge < -0.3 is 38.9 Å². The monoisotopic (exact) mass is 802 g/mol. The van der Waals surface area contributed by atoms with Gasteiger partial charge >= 0.3 is 0 Å². The number of aromatic hydroxyl groups is 1. The van der Waals surface area contributed by atoms with Crippen molar-refractivity contribution < 1.29 is 33.6 Å². The average Bonchev–Trinajstić information content (AvgIpc) is 3.98. The maximum atomic E-state index is 15.2. The summed E-state index contributed by atoms with van der Waals surface area (Å²) in [6, 6.07) is 28.1. The SMILES string of the molecule is Cl.Cn1ccc2ccc(N(C(=O)c3cc(-c4cc5c(cc4C(=O)N4Cc6ccccc6C[C@H]4CN4CCOCC4)OCO5)n4c3OCCN4)c3ccc(O)cc3)cc21. The molecule has 1 saturated heterocycles. The third kappa shape index (κ3) is 6.64. The molecule has 2 amide bonds. The Balaban J connectivity index is 0.00000436. The summed E-state index contributed by atoms with van der Waals surface area (Å²) in [6.45, 7) is 5.00. The van der Waals surface area contributed by atoms with Gasteiger partial charge in [-0.15, -0.1) is 12.4 Å². The van der Waals surface area contributed by atoms with Gasteiger partial charge in [-0.3, -0.25) is 19.4 Å². The standard InChI is InChI=1S/C44H42N6O7.ClH/c1-46-14-12-28-6-7-32(21-38(28)46)49(31-8-10-34(51)11-9-31)43(53)37-22-39(50-44(37)55-17-13-45-50)35-23-40-41(57-27-56-40)24-36(35)42(52)48-25-30-5-3-2-4-29(30)20-33(48)26-47-15-18-54-19-16-47;/h2-12,14,21-24,33,45,51H,13,15-20,25-27H2,1H3;1H/t33-;/m0./s1. The number of hydrogen-bond donors (Lipinski definition) is 2. The molecule has 13 nitrogen and oxygen atoms in total. The van der Waals surface area contributed by atoms with Crippen molar-refractivity contribution in [1.29, 1.82) is 0 Å². The Morgan fingerprint density at radius 3 is 2.41 bits per heavy atom. The third-order valence-electron chi connectivity index (χ3n) is 11.4. The highest BCUT2D eigenvalue weighted by atomic mass is 35.5. The van der Waals surface area contributed by atoms with Crippen molar-refractivity contribution in [2.45, 2.75) is 19.0 Å². The minimum absolute atomic E-state index is 0. The Morgan fingerprint density at radius 1 is 0.845 bits per heavy atom. The van der Waals surface area contributed by atoms with Crippen LogP contribution in [0.1, 0.15) is 31.8 Å². The summed E-state index contributed by atoms with van der Waals surface area (Å²) in [5, 5.41) is 11.2. The number of fused-ring (bicyclic) bond motifs is 4. The van der Waals surface area contributed by atoms with Crippen LogP contribution in [0, 0.1) is 0 Å². The lowest BCUT2D eigenvalue weighted by Gasteiger charge is -2.40. The molecular formula is C44H43ClN6O7. The molecular weight excluding hydrogens is 760 g/mol. The number of nitrogens with one attached hydrogen (secondary N) is 1. The molecule has 0 radical (unpaired) electrons. The zero-order chi connectivity index (χ0) is 38.6. The van der Waals surface area contributed by atoms with Gasteiger partial charge in [0.05, 0.1) is 36.7 Å². The van der Waals surface area contributed by atoms with Gasteiger partial charge in [-0.25, -0.2) is 4.68 Å². The number of aromatic nitrogens is 2. The fourth-order valence-corrected chi connectivity index (χ4v) is 8.50. The number of hydrogen-bond acceptors (Lipinski definition) is 9. The number of carbonyl (C=O) groups excluding carboxylic acids is 2. The number of aryl methyl sites for hydroxylation is 1. The summed E-state index contributed by atoms with van der Waals surface area (Å²) in [7, 11) is 1.96. The number of benzene rings is 4. The molecule has 58 heavy (non-hydrogen) atoms. The second-order valence-electron chi connectivity index (χ2n) is 14.9. The molecule has 14 heteroatoms. The van der Waals surface area contributed by atoms with Crippen LogP contribution in [0.25, 0.3) is 22.2 Å². The van der Waals surface area contributed by atoms with Gasteiger partial charge in [0.15, 0.2) is 11.5 Å². The van der Waals surface area contributed by atoms with E-state index in [0.29, 0.717) is 84.0 Å². The normalized spacial score (nSPS) is 17.1. The van der Waals surface area contributed by atoms with Crippen molar-refractivity contribution >= 4 is 46.5 Å². The number of morpholine rings is 1. The van der Waals surface area contributed by atoms with Gasteiger partial charge in [0.25, 0.3) is 11.8 Å². The molecule has 2 aromatic heterocycles. The molecule has 298 valence electrons. The van der Waals surface area contributed by atoms with Gasteiger partial charge in [-0.05, 0) is 83.6 Å². The zero-order valence-electron chi connectivity index (χ0n) is 31.9. The molecule has 1 fully saturated rings. The molecule has 0 saturated carbocycles. The Morgan fingerprint density at radius 2 is 1.60 bits per heavy atom. The first kappa shape index (κ1) is 37.4. The fraction of sp³-hybridized carbons (Fsp3) is 0.273. The number of halogens is 1. The van der Waals surface area contributed by atoms with Crippen molar-refractivity contribution in [3.63, 3.8) is 0 Å². The van der Waals surface area contributed by atoms with E-state index in [2.05, 4.69) is 28.5 Å². The smallest absolute Gasteiger partial charge is 0.268 e. The number of anilines is 2. The molecule has 4 aromatic carbocycles. The molecule has 6 aromatic rings. The molecule has 0 aliphatic carbocycles. The van der Waals surface area contributed by atoms with Gasteiger partial charge in [-0.1, -0.05) is 30.3 Å². The minimum atomic E-state index is -0.347. The lowest BCUT2D eigenvalue weighted by Crippen LogP contribution is -2.52. The maximum Gasteiger partial charge on any atom is 0.268 e. The number of phenols is 1. The second kappa shape index (κ2) is 15.3. The molecule has 1 atom stereocenters. The second-order valence-corrected chi connectivity index (χ2v) is 14.9. The number of phenolic OH excluding ortho intramolecular Hbond substituents is 1. The minimum Gasteiger partial charge on any atom is -0.508 e. The van der Waals surface area contributed by atoms with E-state index >= 15 is 9.59 Å². The van der Waals surface area contributed by atoms with Crippen LogP contribution in [-0.4, -0.2) is 94.8 Å². The third-order valence-corrected chi connectivity index (χ3v) is 11.4. The van der Waals surface area contributed by atoms with Crippen LogP contribution in [0.15, 0.2) is 97.2 Å². The van der Waals surface area contributed by atoms with Crippen molar-refractivity contribution in [3.8, 4) is 34.4 Å². The first-order valence-electron chi connectivity index (χ1n) is 19.3. The van der Waals surface area contributed by atoms with Crippen LogP contribution in [0.3, 0.4) is 0 Å². The van der Waals surface area contributed by atoms with Crippen LogP contribution >= 0.6 is 12.4 Å². The van der Waals surface area contributed by atoms with Crippen LogP contribution in [0.5, 0.6) is 23.1 Å². The first-order valence-corrected chi connectivity index (χ1v) is 19.3. The van der Waals surface area contributed by atoms with Crippen molar-refractivity contribution in [2.75, 3.05) is 63.1 Å². The average molecular weight is 803 g/mol. The van der Waals surface area contributed by atoms with Crippen molar-refractivity contribution in [3.05, 3.63) is 119 Å². The Bertz CT molecular complexity index is 2530. The highest BCUT2D eigenvalue weighted by Crippen LogP contribution is 2.43. The largest absolute Gasteiger partial charge is 0.508 e. The van der Waals surface area contributed by atoms with Gasteiger partial charge in [0.1, 0.15) is 17.9 Å². The van der Waals surface area contributed by atoms with E-state index in [0.717, 1.165) is 42.5 Å². The molecule has 6 heterocycles. The summed E-state index contributed by atoms with van der Waals surface area (Å²) in [4.78, 5) is 36.3. The van der Waals surface area contributed by atoms with E-state index in [1.165, 1.54) is 5.56 Å². The quantitative estimate of drug-likeness (QED) is 0.191. The lowest BCUT2D eigenvalue weighted by atomic mass is 9.92. The summed E-state index contributed by atoms with van der Waals surface area (Å²) >= 11 is 0. The predicted molar refractivity (Wildman–Crippen MR) is 222 cm³/mol. The topological polar surface area (TPSA) is 123 Å². The summed E-state index contributed by atoms with van der Waals surface area (Å²) < 4.78 is 27.4. The van der Waals surface area contributed by atoms with Crippen LogP contribution in [-0.2, 0) is 24.8 Å². The zero-order valence-corrected chi connectivity index (χ0v) is 32.7. The Kier molecular flexibility index (Phi) is 9.88. The van der Waals surface area contributed by atoms with Crippen LogP contribution in [0.4, 0.5) is 11.4 Å². The number of ether oxygens (including phenoxy) is 4. The predicted octanol–water partition coefficient (Wildman–Crippen LogP) is 6.32. The van der Waals surface area contributed by atoms with Gasteiger partial charge in [0, 0.05) is 62.2 Å². The van der Waals surface area contributed by atoms with Crippen LogP contribution < -0.4 is 24.5 Å². The Hall–Kier alpha value is -6.15. The molecule has 2 N–H and O–H groups in total.